The van der Waals surface area contributed by atoms with Crippen LogP contribution >= 0.6 is 0 Å². The Morgan fingerprint density at radius 1 is 1.55 bits per heavy atom. The first-order valence-electron chi connectivity index (χ1n) is 7.02. The summed E-state index contributed by atoms with van der Waals surface area (Å²) in [6.07, 6.45) is 7.67. The lowest BCUT2D eigenvalue weighted by atomic mass is 9.86. The summed E-state index contributed by atoms with van der Waals surface area (Å²) in [7, 11) is 0. The van der Waals surface area contributed by atoms with Crippen LogP contribution in [0.3, 0.4) is 0 Å². The summed E-state index contributed by atoms with van der Waals surface area (Å²) < 4.78 is 1.57. The number of aryl methyl sites for hydroxylation is 1. The van der Waals surface area contributed by atoms with Gasteiger partial charge in [-0.2, -0.15) is 0 Å². The molecular formula is C13H20N4O3. The van der Waals surface area contributed by atoms with Crippen LogP contribution in [-0.4, -0.2) is 26.4 Å². The lowest BCUT2D eigenvalue weighted by molar-refractivity contribution is -0.389. The van der Waals surface area contributed by atoms with Crippen LogP contribution in [0.5, 0.6) is 0 Å². The fourth-order valence-electron chi connectivity index (χ4n) is 2.61. The zero-order valence-corrected chi connectivity index (χ0v) is 11.6. The van der Waals surface area contributed by atoms with Gasteiger partial charge in [-0.1, -0.05) is 19.8 Å². The maximum absolute atomic E-state index is 11.9. The number of hydrogen-bond acceptors (Lipinski definition) is 4. The van der Waals surface area contributed by atoms with Gasteiger partial charge in [0.25, 0.3) is 0 Å². The normalized spacial score (nSPS) is 22.4. The first kappa shape index (κ1) is 14.5. The summed E-state index contributed by atoms with van der Waals surface area (Å²) in [6.45, 7) is 2.58. The first-order chi connectivity index (χ1) is 9.56. The summed E-state index contributed by atoms with van der Waals surface area (Å²) in [5.41, 5.74) is 0. The minimum absolute atomic E-state index is 0.0000954. The minimum Gasteiger partial charge on any atom is -0.358 e. The van der Waals surface area contributed by atoms with Gasteiger partial charge in [0, 0.05) is 19.0 Å². The Morgan fingerprint density at radius 2 is 2.30 bits per heavy atom. The number of aromatic nitrogens is 2. The van der Waals surface area contributed by atoms with E-state index in [-0.39, 0.29) is 17.8 Å². The molecule has 2 atom stereocenters. The Balaban J connectivity index is 1.78. The molecule has 0 radical (unpaired) electrons. The molecule has 1 aromatic heterocycles. The Kier molecular flexibility index (Phi) is 4.70. The van der Waals surface area contributed by atoms with Crippen LogP contribution in [0.25, 0.3) is 0 Å². The van der Waals surface area contributed by atoms with Gasteiger partial charge in [-0.3, -0.25) is 4.79 Å². The largest absolute Gasteiger partial charge is 0.381 e. The van der Waals surface area contributed by atoms with E-state index in [2.05, 4.69) is 17.2 Å². The van der Waals surface area contributed by atoms with Crippen molar-refractivity contribution in [1.29, 1.82) is 0 Å². The molecule has 1 amide bonds. The summed E-state index contributed by atoms with van der Waals surface area (Å²) in [4.78, 5) is 25.5. The standard InChI is InChI=1S/C13H20N4O3/c1-10-4-2-3-5-11(10)15-13(18)6-7-16-8-12(14-9-16)17(19)20/h8-11H,2-7H2,1H3,(H,15,18)/t10-,11-/m0/s1. The second kappa shape index (κ2) is 6.49. The molecule has 1 aromatic rings. The van der Waals surface area contributed by atoms with Gasteiger partial charge in [0.05, 0.1) is 0 Å². The predicted molar refractivity (Wildman–Crippen MR) is 73.1 cm³/mol. The van der Waals surface area contributed by atoms with Crippen molar-refractivity contribution in [3.8, 4) is 0 Å². The van der Waals surface area contributed by atoms with E-state index in [1.165, 1.54) is 31.8 Å². The molecule has 1 N–H and O–H groups in total. The number of rotatable bonds is 5. The van der Waals surface area contributed by atoms with Gasteiger partial charge in [0.2, 0.25) is 12.2 Å². The maximum atomic E-state index is 11.9. The Hall–Kier alpha value is -1.92. The molecule has 1 fully saturated rings. The van der Waals surface area contributed by atoms with Crippen molar-refractivity contribution in [2.75, 3.05) is 0 Å². The summed E-state index contributed by atoms with van der Waals surface area (Å²) >= 11 is 0. The number of carbonyl (C=O) groups excluding carboxylic acids is 1. The molecule has 2 rings (SSSR count). The lowest BCUT2D eigenvalue weighted by Crippen LogP contribution is -2.41. The molecule has 1 aliphatic carbocycles. The average Bonchev–Trinajstić information content (AvgIpc) is 2.88. The molecule has 7 nitrogen and oxygen atoms in total. The lowest BCUT2D eigenvalue weighted by Gasteiger charge is -2.29. The third-order valence-electron chi connectivity index (χ3n) is 3.86. The Labute approximate surface area is 117 Å². The van der Waals surface area contributed by atoms with E-state index in [4.69, 9.17) is 0 Å². The van der Waals surface area contributed by atoms with Crippen molar-refractivity contribution in [1.82, 2.24) is 14.9 Å². The van der Waals surface area contributed by atoms with Crippen LogP contribution in [0, 0.1) is 16.0 Å². The van der Waals surface area contributed by atoms with Crippen LogP contribution in [0.15, 0.2) is 12.5 Å². The van der Waals surface area contributed by atoms with Crippen molar-refractivity contribution in [2.45, 2.75) is 51.6 Å². The van der Waals surface area contributed by atoms with Gasteiger partial charge in [0.1, 0.15) is 6.20 Å². The molecule has 7 heteroatoms. The van der Waals surface area contributed by atoms with Gasteiger partial charge >= 0.3 is 5.82 Å². The quantitative estimate of drug-likeness (QED) is 0.658. The highest BCUT2D eigenvalue weighted by Crippen LogP contribution is 2.23. The molecule has 0 bridgehead atoms. The summed E-state index contributed by atoms with van der Waals surface area (Å²) in [6, 6.07) is 0.272. The van der Waals surface area contributed by atoms with Crippen LogP contribution in [0.4, 0.5) is 5.82 Å². The highest BCUT2D eigenvalue weighted by atomic mass is 16.6. The molecule has 20 heavy (non-hydrogen) atoms. The highest BCUT2D eigenvalue weighted by Gasteiger charge is 2.22. The number of carbonyl (C=O) groups is 1. The van der Waals surface area contributed by atoms with Crippen LogP contribution in [-0.2, 0) is 11.3 Å². The van der Waals surface area contributed by atoms with E-state index in [1.54, 1.807) is 4.57 Å². The van der Waals surface area contributed by atoms with Gasteiger partial charge in [-0.25, -0.2) is 0 Å². The zero-order chi connectivity index (χ0) is 14.5. The zero-order valence-electron chi connectivity index (χ0n) is 11.6. The van der Waals surface area contributed by atoms with E-state index in [0.29, 0.717) is 18.9 Å². The fraction of sp³-hybridized carbons (Fsp3) is 0.692. The van der Waals surface area contributed by atoms with E-state index >= 15 is 0 Å². The van der Waals surface area contributed by atoms with E-state index in [1.807, 2.05) is 0 Å². The molecule has 0 saturated heterocycles. The SMILES string of the molecule is C[C@H]1CCCC[C@@H]1NC(=O)CCn1cnc([N+](=O)[O-])c1. The molecule has 0 aromatic carbocycles. The molecule has 0 spiro atoms. The smallest absolute Gasteiger partial charge is 0.358 e. The van der Waals surface area contributed by atoms with Gasteiger partial charge in [0.15, 0.2) is 0 Å². The van der Waals surface area contributed by atoms with Crippen molar-refractivity contribution in [3.63, 3.8) is 0 Å². The minimum atomic E-state index is -0.541. The topological polar surface area (TPSA) is 90.1 Å². The van der Waals surface area contributed by atoms with Crippen molar-refractivity contribution < 1.29 is 9.72 Å². The van der Waals surface area contributed by atoms with E-state index in [0.717, 1.165) is 6.42 Å². The highest BCUT2D eigenvalue weighted by molar-refractivity contribution is 5.76. The number of nitrogens with one attached hydrogen (secondary N) is 1. The Morgan fingerprint density at radius 3 is 2.95 bits per heavy atom. The van der Waals surface area contributed by atoms with Gasteiger partial charge < -0.3 is 20.0 Å². The van der Waals surface area contributed by atoms with Crippen LogP contribution < -0.4 is 5.32 Å². The molecule has 1 saturated carbocycles. The van der Waals surface area contributed by atoms with Crippen LogP contribution in [0.2, 0.25) is 0 Å². The number of amides is 1. The number of nitrogens with zero attached hydrogens (tertiary/aromatic N) is 3. The van der Waals surface area contributed by atoms with E-state index < -0.39 is 4.92 Å². The molecule has 1 heterocycles. The summed E-state index contributed by atoms with van der Waals surface area (Å²) in [5, 5.41) is 13.6. The molecule has 110 valence electrons. The van der Waals surface area contributed by atoms with Crippen molar-refractivity contribution in [2.24, 2.45) is 5.92 Å². The first-order valence-corrected chi connectivity index (χ1v) is 7.02. The second-order valence-electron chi connectivity index (χ2n) is 5.41. The third kappa shape index (κ3) is 3.79. The van der Waals surface area contributed by atoms with E-state index in [9.17, 15) is 14.9 Å². The third-order valence-corrected chi connectivity index (χ3v) is 3.86. The summed E-state index contributed by atoms with van der Waals surface area (Å²) in [5.74, 6) is 0.341. The molecular weight excluding hydrogens is 260 g/mol. The van der Waals surface area contributed by atoms with Crippen molar-refractivity contribution in [3.05, 3.63) is 22.6 Å². The molecule has 1 aliphatic rings. The van der Waals surface area contributed by atoms with Crippen LogP contribution in [0.1, 0.15) is 39.0 Å². The van der Waals surface area contributed by atoms with Gasteiger partial charge in [-0.05, 0) is 28.7 Å². The Bertz CT molecular complexity index is 486. The number of nitro groups is 1. The number of imidazole rings is 1. The fourth-order valence-corrected chi connectivity index (χ4v) is 2.61. The average molecular weight is 280 g/mol. The maximum Gasteiger partial charge on any atom is 0.381 e. The van der Waals surface area contributed by atoms with Crippen molar-refractivity contribution >= 4 is 11.7 Å². The molecule has 0 unspecified atom stereocenters. The van der Waals surface area contributed by atoms with Gasteiger partial charge in [-0.15, -0.1) is 0 Å². The second-order valence-corrected chi connectivity index (χ2v) is 5.41. The number of hydrogen-bond donors (Lipinski definition) is 1. The molecule has 0 aliphatic heterocycles. The monoisotopic (exact) mass is 280 g/mol. The predicted octanol–water partition coefficient (Wildman–Crippen LogP) is 1.88.